The molecule has 0 aliphatic carbocycles. The van der Waals surface area contributed by atoms with Gasteiger partial charge in [-0.05, 0) is 25.0 Å². The van der Waals surface area contributed by atoms with E-state index in [1.54, 1.807) is 0 Å². The van der Waals surface area contributed by atoms with E-state index in [1.807, 2.05) is 11.8 Å². The molecule has 0 bridgehead atoms. The van der Waals surface area contributed by atoms with Crippen LogP contribution in [0, 0.1) is 6.92 Å². The molecule has 1 aromatic rings. The van der Waals surface area contributed by atoms with Crippen molar-refractivity contribution in [2.24, 2.45) is 5.73 Å². The highest BCUT2D eigenvalue weighted by Gasteiger charge is 2.21. The highest BCUT2D eigenvalue weighted by Crippen LogP contribution is 2.13. The summed E-state index contributed by atoms with van der Waals surface area (Å²) in [6.45, 7) is 8.53. The van der Waals surface area contributed by atoms with Gasteiger partial charge >= 0.3 is 0 Å². The van der Waals surface area contributed by atoms with E-state index in [9.17, 15) is 4.79 Å². The molecular formula is C16H25N3O. The standard InChI is InChI=1S/C16H25N3O/c1-13-5-3-4-6-15(13)12-18-7-9-19(10-8-18)16(20)11-14(2)17/h3-6,14H,7-12,17H2,1-2H3. The Balaban J connectivity index is 1.83. The Kier molecular flexibility index (Phi) is 5.15. The van der Waals surface area contributed by atoms with Crippen LogP contribution in [0.5, 0.6) is 0 Å². The SMILES string of the molecule is Cc1ccccc1CN1CCN(C(=O)CC(C)N)CC1. The quantitative estimate of drug-likeness (QED) is 0.903. The van der Waals surface area contributed by atoms with Gasteiger partial charge in [0.15, 0.2) is 0 Å². The minimum absolute atomic E-state index is 0.0486. The fourth-order valence-electron chi connectivity index (χ4n) is 2.59. The highest BCUT2D eigenvalue weighted by atomic mass is 16.2. The van der Waals surface area contributed by atoms with Crippen LogP contribution in [0.15, 0.2) is 24.3 Å². The maximum Gasteiger partial charge on any atom is 0.224 e. The summed E-state index contributed by atoms with van der Waals surface area (Å²) >= 11 is 0. The minimum atomic E-state index is -0.0486. The molecule has 0 spiro atoms. The lowest BCUT2D eigenvalue weighted by atomic mass is 10.1. The number of rotatable bonds is 4. The number of amides is 1. The summed E-state index contributed by atoms with van der Waals surface area (Å²) in [6, 6.07) is 8.45. The van der Waals surface area contributed by atoms with E-state index in [0.717, 1.165) is 32.7 Å². The minimum Gasteiger partial charge on any atom is -0.340 e. The van der Waals surface area contributed by atoms with Crippen molar-refractivity contribution in [1.29, 1.82) is 0 Å². The third kappa shape index (κ3) is 4.05. The monoisotopic (exact) mass is 275 g/mol. The van der Waals surface area contributed by atoms with Crippen LogP contribution in [-0.2, 0) is 11.3 Å². The van der Waals surface area contributed by atoms with Crippen LogP contribution >= 0.6 is 0 Å². The molecule has 4 nitrogen and oxygen atoms in total. The van der Waals surface area contributed by atoms with Crippen molar-refractivity contribution in [3.63, 3.8) is 0 Å². The Labute approximate surface area is 121 Å². The zero-order valence-electron chi connectivity index (χ0n) is 12.5. The molecule has 1 heterocycles. The lowest BCUT2D eigenvalue weighted by Crippen LogP contribution is -2.49. The fraction of sp³-hybridized carbons (Fsp3) is 0.562. The first kappa shape index (κ1) is 15.0. The Morgan fingerprint density at radius 3 is 2.50 bits per heavy atom. The summed E-state index contributed by atoms with van der Waals surface area (Å²) in [7, 11) is 0. The molecule has 1 unspecified atom stereocenters. The van der Waals surface area contributed by atoms with Gasteiger partial charge in [-0.25, -0.2) is 0 Å². The molecule has 1 fully saturated rings. The second kappa shape index (κ2) is 6.86. The van der Waals surface area contributed by atoms with Crippen LogP contribution in [0.3, 0.4) is 0 Å². The maximum atomic E-state index is 12.0. The van der Waals surface area contributed by atoms with Gasteiger partial charge in [0.25, 0.3) is 0 Å². The van der Waals surface area contributed by atoms with E-state index in [4.69, 9.17) is 5.73 Å². The number of hydrogen-bond donors (Lipinski definition) is 1. The normalized spacial score (nSPS) is 18.1. The molecule has 1 atom stereocenters. The van der Waals surface area contributed by atoms with E-state index in [1.165, 1.54) is 11.1 Å². The number of carbonyl (C=O) groups excluding carboxylic acids is 1. The molecule has 0 saturated carbocycles. The predicted molar refractivity (Wildman–Crippen MR) is 81.3 cm³/mol. The molecule has 20 heavy (non-hydrogen) atoms. The van der Waals surface area contributed by atoms with Crippen LogP contribution in [0.4, 0.5) is 0 Å². The maximum absolute atomic E-state index is 12.0. The van der Waals surface area contributed by atoms with Gasteiger partial charge in [-0.1, -0.05) is 24.3 Å². The van der Waals surface area contributed by atoms with Gasteiger partial charge in [-0.15, -0.1) is 0 Å². The lowest BCUT2D eigenvalue weighted by molar-refractivity contribution is -0.133. The Morgan fingerprint density at radius 2 is 1.90 bits per heavy atom. The summed E-state index contributed by atoms with van der Waals surface area (Å²) in [5.74, 6) is 0.190. The molecule has 2 N–H and O–H groups in total. The average Bonchev–Trinajstić information content (AvgIpc) is 2.41. The third-order valence-electron chi connectivity index (χ3n) is 3.88. The second-order valence-corrected chi connectivity index (χ2v) is 5.76. The third-order valence-corrected chi connectivity index (χ3v) is 3.88. The van der Waals surface area contributed by atoms with Gasteiger partial charge in [0.05, 0.1) is 0 Å². The number of piperazine rings is 1. The van der Waals surface area contributed by atoms with Gasteiger partial charge in [0, 0.05) is 45.2 Å². The molecule has 1 saturated heterocycles. The first-order valence-electron chi connectivity index (χ1n) is 7.36. The predicted octanol–water partition coefficient (Wildman–Crippen LogP) is 1.38. The fourth-order valence-corrected chi connectivity index (χ4v) is 2.59. The highest BCUT2D eigenvalue weighted by molar-refractivity contribution is 5.76. The Hall–Kier alpha value is -1.39. The smallest absolute Gasteiger partial charge is 0.224 e. The van der Waals surface area contributed by atoms with Crippen LogP contribution in [-0.4, -0.2) is 47.9 Å². The van der Waals surface area contributed by atoms with E-state index in [-0.39, 0.29) is 11.9 Å². The van der Waals surface area contributed by atoms with Crippen molar-refractivity contribution in [2.45, 2.75) is 32.9 Å². The number of nitrogens with zero attached hydrogens (tertiary/aromatic N) is 2. The molecule has 0 aromatic heterocycles. The zero-order valence-corrected chi connectivity index (χ0v) is 12.5. The number of benzene rings is 1. The molecule has 1 aromatic carbocycles. The number of nitrogens with two attached hydrogens (primary N) is 1. The van der Waals surface area contributed by atoms with Crippen LogP contribution in [0.2, 0.25) is 0 Å². The van der Waals surface area contributed by atoms with Crippen molar-refractivity contribution in [2.75, 3.05) is 26.2 Å². The van der Waals surface area contributed by atoms with Crippen molar-refractivity contribution in [3.05, 3.63) is 35.4 Å². The number of carbonyl (C=O) groups is 1. The van der Waals surface area contributed by atoms with Crippen molar-refractivity contribution >= 4 is 5.91 Å². The summed E-state index contributed by atoms with van der Waals surface area (Å²) in [5, 5.41) is 0. The van der Waals surface area contributed by atoms with Gasteiger partial charge in [0.1, 0.15) is 0 Å². The molecule has 2 rings (SSSR count). The molecule has 4 heteroatoms. The van der Waals surface area contributed by atoms with Gasteiger partial charge in [-0.2, -0.15) is 0 Å². The number of aryl methyl sites for hydroxylation is 1. The summed E-state index contributed by atoms with van der Waals surface area (Å²) in [4.78, 5) is 16.3. The zero-order chi connectivity index (χ0) is 14.5. The van der Waals surface area contributed by atoms with Crippen LogP contribution < -0.4 is 5.73 Å². The largest absolute Gasteiger partial charge is 0.340 e. The summed E-state index contributed by atoms with van der Waals surface area (Å²) in [5.41, 5.74) is 8.40. The molecule has 110 valence electrons. The first-order valence-corrected chi connectivity index (χ1v) is 7.36. The molecule has 1 aliphatic heterocycles. The van der Waals surface area contributed by atoms with Gasteiger partial charge < -0.3 is 10.6 Å². The molecule has 0 radical (unpaired) electrons. The summed E-state index contributed by atoms with van der Waals surface area (Å²) in [6.07, 6.45) is 0.456. The van der Waals surface area contributed by atoms with Gasteiger partial charge in [-0.3, -0.25) is 9.69 Å². The lowest BCUT2D eigenvalue weighted by Gasteiger charge is -2.35. The molecule has 1 amide bonds. The molecule has 1 aliphatic rings. The van der Waals surface area contributed by atoms with E-state index < -0.39 is 0 Å². The first-order chi connectivity index (χ1) is 9.56. The molecular weight excluding hydrogens is 250 g/mol. The topological polar surface area (TPSA) is 49.6 Å². The number of hydrogen-bond acceptors (Lipinski definition) is 3. The summed E-state index contributed by atoms with van der Waals surface area (Å²) < 4.78 is 0. The van der Waals surface area contributed by atoms with Crippen molar-refractivity contribution < 1.29 is 4.79 Å². The Bertz CT molecular complexity index is 451. The van der Waals surface area contributed by atoms with E-state index in [2.05, 4.69) is 36.1 Å². The Morgan fingerprint density at radius 1 is 1.25 bits per heavy atom. The van der Waals surface area contributed by atoms with E-state index in [0.29, 0.717) is 6.42 Å². The van der Waals surface area contributed by atoms with E-state index >= 15 is 0 Å². The second-order valence-electron chi connectivity index (χ2n) is 5.76. The van der Waals surface area contributed by atoms with Gasteiger partial charge in [0.2, 0.25) is 5.91 Å². The average molecular weight is 275 g/mol. The van der Waals surface area contributed by atoms with Crippen LogP contribution in [0.1, 0.15) is 24.5 Å². The van der Waals surface area contributed by atoms with Crippen molar-refractivity contribution in [1.82, 2.24) is 9.80 Å². The van der Waals surface area contributed by atoms with Crippen LogP contribution in [0.25, 0.3) is 0 Å². The van der Waals surface area contributed by atoms with Crippen molar-refractivity contribution in [3.8, 4) is 0 Å².